The van der Waals surface area contributed by atoms with Crippen LogP contribution in [0.5, 0.6) is 17.2 Å². The number of nitriles is 1. The second-order valence-electron chi connectivity index (χ2n) is 13.9. The van der Waals surface area contributed by atoms with Crippen LogP contribution in [0.25, 0.3) is 10.9 Å². The Morgan fingerprint density at radius 2 is 1.75 bits per heavy atom. The number of carbonyl (C=O) groups is 2. The van der Waals surface area contributed by atoms with E-state index in [0.717, 1.165) is 31.2 Å². The number of ether oxygens (including phenoxy) is 3. The molecule has 2 aliphatic carbocycles. The molecule has 2 saturated carbocycles. The van der Waals surface area contributed by atoms with Crippen molar-refractivity contribution in [2.75, 3.05) is 31.7 Å². The third-order valence-electron chi connectivity index (χ3n) is 10.8. The number of hydrogen-bond acceptors (Lipinski definition) is 7. The molecule has 1 aromatic heterocycles. The Morgan fingerprint density at radius 3 is 2.43 bits per heavy atom. The Balaban J connectivity index is 1.10. The number of nitrogens with zero attached hydrogens (tertiary/aromatic N) is 3. The zero-order valence-corrected chi connectivity index (χ0v) is 31.4. The van der Waals surface area contributed by atoms with E-state index in [-0.39, 0.29) is 35.8 Å². The first-order valence-corrected chi connectivity index (χ1v) is 18.9. The predicted octanol–water partition coefficient (Wildman–Crippen LogP) is 7.73. The van der Waals surface area contributed by atoms with Crippen LogP contribution in [0, 0.1) is 17.2 Å². The molecule has 2 amide bonds. The average molecular weight is 739 g/mol. The second-order valence-corrected chi connectivity index (χ2v) is 14.3. The lowest BCUT2D eigenvalue weighted by Gasteiger charge is -2.35. The molecular formula is C42H47ClN4O6. The minimum atomic E-state index is -0.704. The van der Waals surface area contributed by atoms with Gasteiger partial charge < -0.3 is 29.0 Å². The highest BCUT2D eigenvalue weighted by Crippen LogP contribution is 2.44. The molecule has 10 nitrogen and oxygen atoms in total. The molecule has 11 heteroatoms. The number of amides is 2. The van der Waals surface area contributed by atoms with Crippen LogP contribution in [0.2, 0.25) is 5.02 Å². The Morgan fingerprint density at radius 1 is 1.02 bits per heavy atom. The number of benzene rings is 3. The van der Waals surface area contributed by atoms with E-state index < -0.39 is 16.9 Å². The summed E-state index contributed by atoms with van der Waals surface area (Å²) in [6, 6.07) is 22.8. The maximum atomic E-state index is 14.1. The second kappa shape index (κ2) is 16.8. The molecule has 0 bridgehead atoms. The number of aromatic nitrogens is 1. The SMILES string of the molecule is CCN(C(=O)c1c(OCCCNC(=O)C2CCC(C#N)(c3ccc(OC)c(OC4CCCC4)c3)CC2)c2c(Cl)cccc2n(C)c1=O)c1ccccc1. The molecule has 0 unspecified atom stereocenters. The average Bonchev–Trinajstić information content (AvgIpc) is 3.70. The van der Waals surface area contributed by atoms with Crippen LogP contribution in [-0.4, -0.2) is 49.3 Å². The van der Waals surface area contributed by atoms with E-state index in [4.69, 9.17) is 25.8 Å². The van der Waals surface area contributed by atoms with Crippen LogP contribution in [0.1, 0.15) is 80.6 Å². The lowest BCUT2D eigenvalue weighted by atomic mass is 9.67. The van der Waals surface area contributed by atoms with Gasteiger partial charge in [0.1, 0.15) is 11.3 Å². The van der Waals surface area contributed by atoms with Gasteiger partial charge in [0.15, 0.2) is 11.5 Å². The monoisotopic (exact) mass is 738 g/mol. The van der Waals surface area contributed by atoms with Gasteiger partial charge >= 0.3 is 0 Å². The van der Waals surface area contributed by atoms with Crippen molar-refractivity contribution in [2.45, 2.75) is 76.2 Å². The molecule has 53 heavy (non-hydrogen) atoms. The molecule has 0 radical (unpaired) electrons. The predicted molar refractivity (Wildman–Crippen MR) is 206 cm³/mol. The topological polar surface area (TPSA) is 123 Å². The Bertz CT molecular complexity index is 2040. The molecule has 2 aliphatic rings. The van der Waals surface area contributed by atoms with Crippen LogP contribution in [0.15, 0.2) is 71.5 Å². The van der Waals surface area contributed by atoms with Crippen molar-refractivity contribution in [1.29, 1.82) is 5.26 Å². The lowest BCUT2D eigenvalue weighted by Crippen LogP contribution is -2.38. The quantitative estimate of drug-likeness (QED) is 0.139. The number of aryl methyl sites for hydroxylation is 1. The number of para-hydroxylation sites is 1. The summed E-state index contributed by atoms with van der Waals surface area (Å²) in [5, 5.41) is 14.3. The van der Waals surface area contributed by atoms with E-state index in [1.54, 1.807) is 32.4 Å². The summed E-state index contributed by atoms with van der Waals surface area (Å²) in [7, 11) is 3.24. The molecule has 0 aliphatic heterocycles. The smallest absolute Gasteiger partial charge is 0.267 e. The molecule has 0 saturated heterocycles. The van der Waals surface area contributed by atoms with E-state index in [2.05, 4.69) is 11.4 Å². The van der Waals surface area contributed by atoms with E-state index in [0.29, 0.717) is 78.3 Å². The van der Waals surface area contributed by atoms with Crippen molar-refractivity contribution in [1.82, 2.24) is 9.88 Å². The van der Waals surface area contributed by atoms with Crippen molar-refractivity contribution in [3.63, 3.8) is 0 Å². The van der Waals surface area contributed by atoms with Gasteiger partial charge in [-0.1, -0.05) is 41.9 Å². The molecule has 0 spiro atoms. The van der Waals surface area contributed by atoms with Crippen LogP contribution in [0.4, 0.5) is 5.69 Å². The summed E-state index contributed by atoms with van der Waals surface area (Å²) in [5.41, 5.74) is 0.817. The molecule has 4 aromatic rings. The zero-order valence-electron chi connectivity index (χ0n) is 30.7. The molecule has 2 fully saturated rings. The molecular weight excluding hydrogens is 692 g/mol. The molecule has 1 N–H and O–H groups in total. The Hall–Kier alpha value is -5.01. The number of anilines is 1. The molecule has 6 rings (SSSR count). The fourth-order valence-corrected chi connectivity index (χ4v) is 7.98. The van der Waals surface area contributed by atoms with Crippen LogP contribution < -0.4 is 30.0 Å². The van der Waals surface area contributed by atoms with Gasteiger partial charge in [-0.3, -0.25) is 14.4 Å². The van der Waals surface area contributed by atoms with E-state index in [1.165, 1.54) is 9.47 Å². The Labute approximate surface area is 315 Å². The number of pyridine rings is 1. The lowest BCUT2D eigenvalue weighted by molar-refractivity contribution is -0.126. The van der Waals surface area contributed by atoms with Crippen molar-refractivity contribution in [3.8, 4) is 23.3 Å². The van der Waals surface area contributed by atoms with Gasteiger partial charge in [0, 0.05) is 31.7 Å². The summed E-state index contributed by atoms with van der Waals surface area (Å²) in [5.74, 6) is 0.713. The Kier molecular flexibility index (Phi) is 11.9. The number of fused-ring (bicyclic) bond motifs is 1. The number of methoxy groups -OCH3 is 1. The molecule has 278 valence electrons. The largest absolute Gasteiger partial charge is 0.493 e. The van der Waals surface area contributed by atoms with Crippen LogP contribution in [-0.2, 0) is 17.3 Å². The van der Waals surface area contributed by atoms with Crippen LogP contribution >= 0.6 is 11.6 Å². The number of halogens is 1. The summed E-state index contributed by atoms with van der Waals surface area (Å²) >= 11 is 6.68. The standard InChI is InChI=1S/C42H47ClN4O6/c1-4-47(30-12-6-5-7-13-30)41(50)37-38(36-32(43)16-10-17-33(36)46(2)40(37)49)52-25-11-24-45-39(48)28-20-22-42(27-44,23-21-28)29-18-19-34(51-3)35(26-29)53-31-14-8-9-15-31/h5-7,10,12-13,16-19,26,28,31H,4,8-9,11,14-15,20-25H2,1-3H3,(H,45,48). The normalized spacial score (nSPS) is 18.7. The van der Waals surface area contributed by atoms with Gasteiger partial charge in [-0.05, 0) is 107 Å². The minimum absolute atomic E-state index is 0.0593. The van der Waals surface area contributed by atoms with Gasteiger partial charge in [0.2, 0.25) is 5.91 Å². The van der Waals surface area contributed by atoms with Gasteiger partial charge in [-0.2, -0.15) is 5.26 Å². The molecule has 3 aromatic carbocycles. The first-order chi connectivity index (χ1) is 25.7. The van der Waals surface area contributed by atoms with Crippen molar-refractivity contribution < 1.29 is 23.8 Å². The molecule has 1 heterocycles. The van der Waals surface area contributed by atoms with Gasteiger partial charge in [-0.25, -0.2) is 0 Å². The summed E-state index contributed by atoms with van der Waals surface area (Å²) in [6.45, 7) is 2.66. The third kappa shape index (κ3) is 7.86. The molecule has 0 atom stereocenters. The third-order valence-corrected chi connectivity index (χ3v) is 11.1. The maximum absolute atomic E-state index is 14.1. The number of hydrogen-bond donors (Lipinski definition) is 1. The van der Waals surface area contributed by atoms with E-state index in [1.807, 2.05) is 55.5 Å². The number of nitrogens with one attached hydrogen (secondary N) is 1. The van der Waals surface area contributed by atoms with Gasteiger partial charge in [0.25, 0.3) is 11.5 Å². The fourth-order valence-electron chi connectivity index (χ4n) is 7.73. The van der Waals surface area contributed by atoms with Crippen molar-refractivity contribution >= 4 is 40.0 Å². The van der Waals surface area contributed by atoms with Gasteiger partial charge in [-0.15, -0.1) is 0 Å². The first-order valence-electron chi connectivity index (χ1n) is 18.6. The fraction of sp³-hybridized carbons (Fsp3) is 0.429. The van der Waals surface area contributed by atoms with Crippen molar-refractivity contribution in [3.05, 3.63) is 93.2 Å². The van der Waals surface area contributed by atoms with Gasteiger partial charge in [0.05, 0.1) is 47.2 Å². The maximum Gasteiger partial charge on any atom is 0.267 e. The van der Waals surface area contributed by atoms with Crippen molar-refractivity contribution in [2.24, 2.45) is 13.0 Å². The van der Waals surface area contributed by atoms with E-state index in [9.17, 15) is 19.6 Å². The highest BCUT2D eigenvalue weighted by molar-refractivity contribution is 6.36. The summed E-state index contributed by atoms with van der Waals surface area (Å²) < 4.78 is 19.5. The zero-order chi connectivity index (χ0) is 37.5. The van der Waals surface area contributed by atoms with E-state index >= 15 is 0 Å². The summed E-state index contributed by atoms with van der Waals surface area (Å²) in [4.78, 5) is 42.6. The summed E-state index contributed by atoms with van der Waals surface area (Å²) in [6.07, 6.45) is 7.22. The number of carbonyl (C=O) groups excluding carboxylic acids is 2. The minimum Gasteiger partial charge on any atom is -0.493 e. The first kappa shape index (κ1) is 37.7. The highest BCUT2D eigenvalue weighted by Gasteiger charge is 2.40. The van der Waals surface area contributed by atoms with Crippen LogP contribution in [0.3, 0.4) is 0 Å². The highest BCUT2D eigenvalue weighted by atomic mass is 35.5. The number of rotatable bonds is 13.